The van der Waals surface area contributed by atoms with E-state index in [1.54, 1.807) is 6.07 Å². The number of anilines is 1. The van der Waals surface area contributed by atoms with Crippen molar-refractivity contribution in [3.05, 3.63) is 65.7 Å². The molecule has 3 N–H and O–H groups in total. The largest absolute Gasteiger partial charge is 0.357 e. The average Bonchev–Trinajstić information content (AvgIpc) is 3.27. The van der Waals surface area contributed by atoms with Crippen LogP contribution in [0.1, 0.15) is 36.9 Å². The lowest BCUT2D eigenvalue weighted by molar-refractivity contribution is 0.245. The number of hydrogen-bond donors (Lipinski definition) is 3. The monoisotopic (exact) mass is 571 g/mol. The third kappa shape index (κ3) is 8.25. The molecule has 7 nitrogen and oxygen atoms in total. The maximum absolute atomic E-state index is 11.7. The zero-order chi connectivity index (χ0) is 22.1. The second kappa shape index (κ2) is 13.0. The lowest BCUT2D eigenvalue weighted by Crippen LogP contribution is -2.42. The van der Waals surface area contributed by atoms with Crippen LogP contribution in [-0.4, -0.2) is 51.7 Å². The van der Waals surface area contributed by atoms with Crippen molar-refractivity contribution in [3.63, 3.8) is 0 Å². The summed E-state index contributed by atoms with van der Waals surface area (Å²) in [5.74, 6) is 0.719. The normalized spacial score (nSPS) is 15.6. The van der Waals surface area contributed by atoms with Gasteiger partial charge in [0, 0.05) is 13.1 Å². The van der Waals surface area contributed by atoms with E-state index in [2.05, 4.69) is 44.5 Å². The summed E-state index contributed by atoms with van der Waals surface area (Å²) in [5.41, 5.74) is 2.68. The molecule has 0 bridgehead atoms. The van der Waals surface area contributed by atoms with Crippen molar-refractivity contribution in [1.29, 1.82) is 0 Å². The average molecular weight is 572 g/mol. The molecule has 0 aliphatic carbocycles. The van der Waals surface area contributed by atoms with Crippen LogP contribution in [-0.2, 0) is 16.6 Å². The fourth-order valence-electron chi connectivity index (χ4n) is 3.84. The fraction of sp³-hybridized carbons (Fsp3) is 0.435. The summed E-state index contributed by atoms with van der Waals surface area (Å²) in [6.45, 7) is 6.12. The summed E-state index contributed by atoms with van der Waals surface area (Å²) in [7, 11) is -3.35. The number of rotatable bonds is 9. The van der Waals surface area contributed by atoms with Crippen LogP contribution in [0.2, 0.25) is 0 Å². The van der Waals surface area contributed by atoms with E-state index in [0.29, 0.717) is 12.2 Å². The topological polar surface area (TPSA) is 85.8 Å². The zero-order valence-electron chi connectivity index (χ0n) is 18.8. The van der Waals surface area contributed by atoms with Crippen LogP contribution in [0.15, 0.2) is 59.6 Å². The molecular weight excluding hydrogens is 537 g/mol. The Kier molecular flexibility index (Phi) is 10.7. The first kappa shape index (κ1) is 26.4. The standard InChI is InChI=1S/C23H33N5O2S.HI/c1-3-24-23(25-17-20-13-7-8-14-21(20)27-31(2,29)30)26-18-22(28-15-9-10-16-28)19-11-5-4-6-12-19;/h4-8,11-14,22,27H,3,9-10,15-18H2,1-2H3,(H2,24,25,26);1H. The first-order chi connectivity index (χ1) is 15.0. The van der Waals surface area contributed by atoms with Crippen LogP contribution in [0.3, 0.4) is 0 Å². The van der Waals surface area contributed by atoms with Gasteiger partial charge in [0.2, 0.25) is 10.0 Å². The number of aliphatic imine (C=N–C) groups is 1. The summed E-state index contributed by atoms with van der Waals surface area (Å²) in [6.07, 6.45) is 3.63. The third-order valence-corrected chi connectivity index (χ3v) is 5.88. The highest BCUT2D eigenvalue weighted by molar-refractivity contribution is 14.0. The zero-order valence-corrected chi connectivity index (χ0v) is 21.9. The van der Waals surface area contributed by atoms with Gasteiger partial charge in [0.15, 0.2) is 5.96 Å². The van der Waals surface area contributed by atoms with Crippen molar-refractivity contribution >= 4 is 45.6 Å². The minimum atomic E-state index is -3.35. The van der Waals surface area contributed by atoms with E-state index in [0.717, 1.165) is 44.0 Å². The first-order valence-electron chi connectivity index (χ1n) is 10.8. The Hall–Kier alpha value is -1.85. The SMILES string of the molecule is CCNC(=NCc1ccccc1NS(C)(=O)=O)NCC(c1ccccc1)N1CCCC1.I. The van der Waals surface area contributed by atoms with Crippen LogP contribution in [0.5, 0.6) is 0 Å². The quantitative estimate of drug-likeness (QED) is 0.244. The molecule has 32 heavy (non-hydrogen) atoms. The predicted molar refractivity (Wildman–Crippen MR) is 143 cm³/mol. The Morgan fingerprint density at radius 2 is 1.69 bits per heavy atom. The molecule has 1 heterocycles. The highest BCUT2D eigenvalue weighted by Crippen LogP contribution is 2.24. The van der Waals surface area contributed by atoms with Gasteiger partial charge < -0.3 is 10.6 Å². The maximum Gasteiger partial charge on any atom is 0.229 e. The van der Waals surface area contributed by atoms with Gasteiger partial charge in [-0.3, -0.25) is 9.62 Å². The van der Waals surface area contributed by atoms with E-state index in [-0.39, 0.29) is 30.0 Å². The van der Waals surface area contributed by atoms with E-state index in [9.17, 15) is 8.42 Å². The number of nitrogens with zero attached hydrogens (tertiary/aromatic N) is 2. The number of nitrogens with one attached hydrogen (secondary N) is 3. The molecule has 1 fully saturated rings. The number of hydrogen-bond acceptors (Lipinski definition) is 4. The van der Waals surface area contributed by atoms with Crippen LogP contribution in [0, 0.1) is 0 Å². The Labute approximate surface area is 209 Å². The number of benzene rings is 2. The highest BCUT2D eigenvalue weighted by atomic mass is 127. The summed E-state index contributed by atoms with van der Waals surface area (Å²) in [4.78, 5) is 7.23. The summed E-state index contributed by atoms with van der Waals surface area (Å²) in [5, 5.41) is 6.79. The minimum Gasteiger partial charge on any atom is -0.357 e. The second-order valence-electron chi connectivity index (χ2n) is 7.78. The predicted octanol–water partition coefficient (Wildman–Crippen LogP) is 3.57. The summed E-state index contributed by atoms with van der Waals surface area (Å²) >= 11 is 0. The van der Waals surface area contributed by atoms with Crippen LogP contribution < -0.4 is 15.4 Å². The summed E-state index contributed by atoms with van der Waals surface area (Å²) < 4.78 is 25.9. The van der Waals surface area contributed by atoms with Gasteiger partial charge in [-0.05, 0) is 50.0 Å². The van der Waals surface area contributed by atoms with E-state index >= 15 is 0 Å². The Morgan fingerprint density at radius 3 is 2.34 bits per heavy atom. The molecule has 0 saturated carbocycles. The van der Waals surface area contributed by atoms with Crippen molar-refractivity contribution in [2.24, 2.45) is 4.99 Å². The molecule has 0 spiro atoms. The van der Waals surface area contributed by atoms with Gasteiger partial charge in [-0.2, -0.15) is 0 Å². The van der Waals surface area contributed by atoms with Crippen molar-refractivity contribution in [1.82, 2.24) is 15.5 Å². The van der Waals surface area contributed by atoms with Gasteiger partial charge in [0.1, 0.15) is 0 Å². The number of halogens is 1. The molecule has 1 saturated heterocycles. The molecule has 9 heteroatoms. The van der Waals surface area contributed by atoms with Gasteiger partial charge in [0.25, 0.3) is 0 Å². The van der Waals surface area contributed by atoms with Gasteiger partial charge in [0.05, 0.1) is 24.5 Å². The van der Waals surface area contributed by atoms with Crippen LogP contribution >= 0.6 is 24.0 Å². The van der Waals surface area contributed by atoms with Gasteiger partial charge >= 0.3 is 0 Å². The molecule has 2 aromatic carbocycles. The molecule has 176 valence electrons. The summed E-state index contributed by atoms with van der Waals surface area (Å²) in [6, 6.07) is 18.2. The second-order valence-corrected chi connectivity index (χ2v) is 9.53. The van der Waals surface area contributed by atoms with E-state index in [4.69, 9.17) is 4.99 Å². The first-order valence-corrected chi connectivity index (χ1v) is 12.7. The van der Waals surface area contributed by atoms with Crippen molar-refractivity contribution in [2.75, 3.05) is 37.2 Å². The molecule has 1 unspecified atom stereocenters. The number of para-hydroxylation sites is 1. The van der Waals surface area contributed by atoms with Gasteiger partial charge in [-0.25, -0.2) is 13.4 Å². The smallest absolute Gasteiger partial charge is 0.229 e. The molecule has 1 aliphatic rings. The molecule has 1 atom stereocenters. The molecule has 0 aromatic heterocycles. The Morgan fingerprint density at radius 1 is 1.03 bits per heavy atom. The van der Waals surface area contributed by atoms with E-state index in [1.807, 2.05) is 31.2 Å². The molecule has 0 radical (unpaired) electrons. The van der Waals surface area contributed by atoms with Gasteiger partial charge in [-0.15, -0.1) is 24.0 Å². The lowest BCUT2D eigenvalue weighted by Gasteiger charge is -2.29. The molecule has 0 amide bonds. The highest BCUT2D eigenvalue weighted by Gasteiger charge is 2.23. The third-order valence-electron chi connectivity index (χ3n) is 5.29. The number of sulfonamides is 1. The van der Waals surface area contributed by atoms with Gasteiger partial charge in [-0.1, -0.05) is 48.5 Å². The molecule has 3 rings (SSSR count). The van der Waals surface area contributed by atoms with Crippen LogP contribution in [0.4, 0.5) is 5.69 Å². The number of likely N-dealkylation sites (tertiary alicyclic amines) is 1. The number of guanidine groups is 1. The fourth-order valence-corrected chi connectivity index (χ4v) is 4.44. The van der Waals surface area contributed by atoms with Crippen molar-refractivity contribution in [3.8, 4) is 0 Å². The van der Waals surface area contributed by atoms with Crippen molar-refractivity contribution in [2.45, 2.75) is 32.4 Å². The Bertz CT molecular complexity index is 963. The molecular formula is C23H34IN5O2S. The van der Waals surface area contributed by atoms with Crippen LogP contribution in [0.25, 0.3) is 0 Å². The molecule has 1 aliphatic heterocycles. The molecule has 2 aromatic rings. The Balaban J connectivity index is 0.00000363. The maximum atomic E-state index is 11.7. The minimum absolute atomic E-state index is 0. The van der Waals surface area contributed by atoms with E-state index in [1.165, 1.54) is 18.4 Å². The lowest BCUT2D eigenvalue weighted by atomic mass is 10.1. The van der Waals surface area contributed by atoms with E-state index < -0.39 is 10.0 Å². The van der Waals surface area contributed by atoms with Crippen molar-refractivity contribution < 1.29 is 8.42 Å².